The van der Waals surface area contributed by atoms with Gasteiger partial charge in [0.05, 0.1) is 13.0 Å². The first-order valence-electron chi connectivity index (χ1n) is 5.08. The summed E-state index contributed by atoms with van der Waals surface area (Å²) < 4.78 is 4.82. The molecule has 0 amide bonds. The van der Waals surface area contributed by atoms with Crippen LogP contribution in [0.3, 0.4) is 0 Å². The molecule has 3 unspecified atom stereocenters. The average molecular weight is 192 g/mol. The van der Waals surface area contributed by atoms with Crippen molar-refractivity contribution in [3.8, 4) is 0 Å². The van der Waals surface area contributed by atoms with Crippen LogP contribution in [0.15, 0.2) is 23.3 Å². The van der Waals surface area contributed by atoms with E-state index in [0.29, 0.717) is 11.8 Å². The van der Waals surface area contributed by atoms with Crippen LogP contribution in [0.25, 0.3) is 0 Å². The van der Waals surface area contributed by atoms with E-state index in [-0.39, 0.29) is 11.9 Å². The number of carbonyl (C=O) groups is 1. The van der Waals surface area contributed by atoms with Crippen LogP contribution in [-0.2, 0) is 9.53 Å². The molecule has 2 rings (SSSR count). The van der Waals surface area contributed by atoms with Crippen molar-refractivity contribution in [1.82, 2.24) is 0 Å². The molecule has 2 aliphatic rings. The van der Waals surface area contributed by atoms with Crippen LogP contribution in [0.2, 0.25) is 0 Å². The van der Waals surface area contributed by atoms with E-state index in [1.165, 1.54) is 18.3 Å². The van der Waals surface area contributed by atoms with E-state index in [0.717, 1.165) is 6.42 Å². The minimum atomic E-state index is -0.0550. The number of fused-ring (bicyclic) bond motifs is 2. The molecular weight excluding hydrogens is 176 g/mol. The van der Waals surface area contributed by atoms with Crippen molar-refractivity contribution >= 4 is 5.97 Å². The summed E-state index contributed by atoms with van der Waals surface area (Å²) in [5, 5.41) is 0. The maximum absolute atomic E-state index is 11.5. The molecule has 2 nitrogen and oxygen atoms in total. The molecule has 2 heteroatoms. The first-order chi connectivity index (χ1) is 6.65. The second-order valence-electron chi connectivity index (χ2n) is 4.34. The lowest BCUT2D eigenvalue weighted by Gasteiger charge is -2.14. The van der Waals surface area contributed by atoms with Crippen molar-refractivity contribution in [3.63, 3.8) is 0 Å². The van der Waals surface area contributed by atoms with E-state index in [1.807, 2.05) is 0 Å². The summed E-state index contributed by atoms with van der Waals surface area (Å²) in [4.78, 5) is 11.5. The molecule has 0 heterocycles. The zero-order valence-corrected chi connectivity index (χ0v) is 8.91. The third-order valence-corrected chi connectivity index (χ3v) is 3.33. The quantitative estimate of drug-likeness (QED) is 0.471. The Hall–Kier alpha value is -1.05. The number of allylic oxidation sites excluding steroid dienone is 4. The van der Waals surface area contributed by atoms with Crippen LogP contribution in [0.5, 0.6) is 0 Å². The molecular formula is C12H16O2. The monoisotopic (exact) mass is 192 g/mol. The summed E-state index contributed by atoms with van der Waals surface area (Å²) in [6.07, 6.45) is 5.33. The van der Waals surface area contributed by atoms with Gasteiger partial charge in [-0.05, 0) is 26.2 Å². The normalized spacial score (nSPS) is 33.6. The van der Waals surface area contributed by atoms with Gasteiger partial charge in [0.1, 0.15) is 0 Å². The molecule has 2 aliphatic carbocycles. The van der Waals surface area contributed by atoms with Crippen LogP contribution in [0.4, 0.5) is 0 Å². The summed E-state index contributed by atoms with van der Waals surface area (Å²) >= 11 is 0. The van der Waals surface area contributed by atoms with E-state index in [9.17, 15) is 4.79 Å². The molecule has 0 aromatic rings. The third kappa shape index (κ3) is 1.21. The predicted molar refractivity (Wildman–Crippen MR) is 54.6 cm³/mol. The summed E-state index contributed by atoms with van der Waals surface area (Å²) in [5.74, 6) is 0.826. The summed E-state index contributed by atoms with van der Waals surface area (Å²) in [6, 6.07) is 0. The van der Waals surface area contributed by atoms with Crippen molar-refractivity contribution < 1.29 is 9.53 Å². The molecule has 1 saturated carbocycles. The highest BCUT2D eigenvalue weighted by molar-refractivity contribution is 5.75. The first-order valence-corrected chi connectivity index (χ1v) is 5.08. The van der Waals surface area contributed by atoms with Crippen LogP contribution in [-0.4, -0.2) is 13.1 Å². The van der Waals surface area contributed by atoms with Gasteiger partial charge in [-0.2, -0.15) is 0 Å². The van der Waals surface area contributed by atoms with Gasteiger partial charge in [-0.1, -0.05) is 23.3 Å². The topological polar surface area (TPSA) is 26.3 Å². The van der Waals surface area contributed by atoms with Crippen LogP contribution < -0.4 is 0 Å². The van der Waals surface area contributed by atoms with Gasteiger partial charge in [0.2, 0.25) is 0 Å². The highest BCUT2D eigenvalue weighted by Gasteiger charge is 2.44. The fourth-order valence-corrected chi connectivity index (χ4v) is 2.78. The summed E-state index contributed by atoms with van der Waals surface area (Å²) in [6.45, 7) is 4.25. The third-order valence-electron chi connectivity index (χ3n) is 3.33. The fourth-order valence-electron chi connectivity index (χ4n) is 2.78. The van der Waals surface area contributed by atoms with Crippen molar-refractivity contribution in [3.05, 3.63) is 23.3 Å². The Morgan fingerprint density at radius 2 is 2.14 bits per heavy atom. The Morgan fingerprint density at radius 1 is 1.43 bits per heavy atom. The Bertz CT molecular complexity index is 321. The van der Waals surface area contributed by atoms with Gasteiger partial charge >= 0.3 is 5.97 Å². The Balaban J connectivity index is 2.28. The maximum Gasteiger partial charge on any atom is 0.309 e. The van der Waals surface area contributed by atoms with Gasteiger partial charge in [0, 0.05) is 5.92 Å². The predicted octanol–water partition coefficient (Wildman–Crippen LogP) is 2.32. The molecule has 0 spiro atoms. The largest absolute Gasteiger partial charge is 0.469 e. The second kappa shape index (κ2) is 3.26. The highest BCUT2D eigenvalue weighted by Crippen LogP contribution is 2.49. The van der Waals surface area contributed by atoms with Crippen LogP contribution in [0.1, 0.15) is 20.3 Å². The molecule has 14 heavy (non-hydrogen) atoms. The Morgan fingerprint density at radius 3 is 2.64 bits per heavy atom. The summed E-state index contributed by atoms with van der Waals surface area (Å²) in [5.41, 5.74) is 2.80. The van der Waals surface area contributed by atoms with Crippen LogP contribution in [0, 0.1) is 17.8 Å². The molecule has 0 N–H and O–H groups in total. The minimum absolute atomic E-state index is 0.0550. The van der Waals surface area contributed by atoms with Crippen molar-refractivity contribution in [2.45, 2.75) is 20.3 Å². The molecule has 0 aliphatic heterocycles. The zero-order chi connectivity index (χ0) is 10.3. The van der Waals surface area contributed by atoms with Gasteiger partial charge < -0.3 is 4.74 Å². The van der Waals surface area contributed by atoms with Gasteiger partial charge in [-0.3, -0.25) is 4.79 Å². The highest BCUT2D eigenvalue weighted by atomic mass is 16.5. The molecule has 76 valence electrons. The number of hydrogen-bond donors (Lipinski definition) is 0. The van der Waals surface area contributed by atoms with E-state index >= 15 is 0 Å². The lowest BCUT2D eigenvalue weighted by atomic mass is 9.92. The average Bonchev–Trinajstić information content (AvgIpc) is 2.72. The lowest BCUT2D eigenvalue weighted by molar-refractivity contribution is -0.146. The van der Waals surface area contributed by atoms with Gasteiger partial charge in [0.25, 0.3) is 0 Å². The van der Waals surface area contributed by atoms with Crippen molar-refractivity contribution in [1.29, 1.82) is 0 Å². The maximum atomic E-state index is 11.5. The molecule has 0 aromatic heterocycles. The SMILES string of the molecule is COC(=O)C1CC2C=CC1C2=C(C)C. The Kier molecular flexibility index (Phi) is 2.22. The smallest absolute Gasteiger partial charge is 0.309 e. The zero-order valence-electron chi connectivity index (χ0n) is 8.91. The Labute approximate surface area is 84.6 Å². The molecule has 3 atom stereocenters. The van der Waals surface area contributed by atoms with Gasteiger partial charge in [0.15, 0.2) is 0 Å². The fraction of sp³-hybridized carbons (Fsp3) is 0.583. The second-order valence-corrected chi connectivity index (χ2v) is 4.34. The molecule has 0 radical (unpaired) electrons. The van der Waals surface area contributed by atoms with E-state index < -0.39 is 0 Å². The first kappa shape index (κ1) is 9.50. The van der Waals surface area contributed by atoms with Crippen LogP contribution >= 0.6 is 0 Å². The molecule has 2 bridgehead atoms. The van der Waals surface area contributed by atoms with E-state index in [4.69, 9.17) is 4.74 Å². The number of rotatable bonds is 1. The standard InChI is InChI=1S/C12H16O2/c1-7(2)11-8-4-5-9(11)10(6-8)12(13)14-3/h4-5,8-10H,6H2,1-3H3. The minimum Gasteiger partial charge on any atom is -0.469 e. The number of hydrogen-bond acceptors (Lipinski definition) is 2. The van der Waals surface area contributed by atoms with Gasteiger partial charge in [-0.15, -0.1) is 0 Å². The number of carbonyl (C=O) groups excluding carboxylic acids is 1. The molecule has 1 fully saturated rings. The summed E-state index contributed by atoms with van der Waals surface area (Å²) in [7, 11) is 1.47. The van der Waals surface area contributed by atoms with Crippen molar-refractivity contribution in [2.24, 2.45) is 17.8 Å². The van der Waals surface area contributed by atoms with Crippen molar-refractivity contribution in [2.75, 3.05) is 7.11 Å². The lowest BCUT2D eigenvalue weighted by Crippen LogP contribution is -2.20. The number of ether oxygens (including phenoxy) is 1. The van der Waals surface area contributed by atoms with E-state index in [2.05, 4.69) is 26.0 Å². The molecule has 0 aromatic carbocycles. The number of methoxy groups -OCH3 is 1. The molecule has 0 saturated heterocycles. The van der Waals surface area contributed by atoms with E-state index in [1.54, 1.807) is 0 Å². The van der Waals surface area contributed by atoms with Gasteiger partial charge in [-0.25, -0.2) is 0 Å². The number of esters is 1.